The van der Waals surface area contributed by atoms with Crippen LogP contribution >= 0.6 is 22.7 Å². The summed E-state index contributed by atoms with van der Waals surface area (Å²) in [6.07, 6.45) is 0. The van der Waals surface area contributed by atoms with Crippen LogP contribution in [0.25, 0.3) is 20.9 Å². The molecule has 164 valence electrons. The van der Waals surface area contributed by atoms with E-state index < -0.39 is 17.4 Å². The van der Waals surface area contributed by atoms with E-state index in [1.807, 2.05) is 17.5 Å². The first kappa shape index (κ1) is 20.7. The molecular weight excluding hydrogens is 453 g/mol. The van der Waals surface area contributed by atoms with Crippen molar-refractivity contribution in [3.63, 3.8) is 0 Å². The first-order valence-electron chi connectivity index (χ1n) is 9.92. The van der Waals surface area contributed by atoms with Crippen molar-refractivity contribution in [3.8, 4) is 10.6 Å². The predicted octanol–water partition coefficient (Wildman–Crippen LogP) is 3.20. The number of hydrogen-bond acceptors (Lipinski definition) is 8. The summed E-state index contributed by atoms with van der Waals surface area (Å²) in [5.74, 6) is -0.804. The van der Waals surface area contributed by atoms with Gasteiger partial charge >= 0.3 is 5.69 Å². The molecule has 5 rings (SSSR count). The van der Waals surface area contributed by atoms with Crippen molar-refractivity contribution in [1.82, 2.24) is 14.5 Å². The highest BCUT2D eigenvalue weighted by atomic mass is 32.1. The summed E-state index contributed by atoms with van der Waals surface area (Å²) in [4.78, 5) is 38.2. The number of ether oxygens (including phenoxy) is 1. The number of benzene rings is 1. The van der Waals surface area contributed by atoms with E-state index in [0.717, 1.165) is 10.0 Å². The number of thiophene rings is 1. The quantitative estimate of drug-likeness (QED) is 0.481. The van der Waals surface area contributed by atoms with Crippen LogP contribution in [0.1, 0.15) is 0 Å². The smallest absolute Gasteiger partial charge is 0.349 e. The summed E-state index contributed by atoms with van der Waals surface area (Å²) in [7, 11) is 0. The maximum atomic E-state index is 13.1. The van der Waals surface area contributed by atoms with Crippen molar-refractivity contribution in [2.75, 3.05) is 36.5 Å². The lowest BCUT2D eigenvalue weighted by atomic mass is 10.3. The molecule has 0 bridgehead atoms. The molecule has 32 heavy (non-hydrogen) atoms. The maximum absolute atomic E-state index is 13.1. The molecule has 0 atom stereocenters. The fourth-order valence-corrected chi connectivity index (χ4v) is 5.25. The Morgan fingerprint density at radius 3 is 2.66 bits per heavy atom. The summed E-state index contributed by atoms with van der Waals surface area (Å²) < 4.78 is 19.9. The van der Waals surface area contributed by atoms with Gasteiger partial charge in [-0.25, -0.2) is 14.2 Å². The number of carbonyl (C=O) groups is 1. The van der Waals surface area contributed by atoms with Crippen LogP contribution in [0.4, 0.5) is 15.2 Å². The average Bonchev–Trinajstić information content (AvgIpc) is 3.48. The van der Waals surface area contributed by atoms with E-state index in [1.54, 1.807) is 0 Å². The summed E-state index contributed by atoms with van der Waals surface area (Å²) in [5.41, 5.74) is 1.04. The Bertz CT molecular complexity index is 1310. The molecule has 0 saturated carbocycles. The molecule has 4 aromatic rings. The Hall–Kier alpha value is -3.15. The third-order valence-electron chi connectivity index (χ3n) is 4.97. The van der Waals surface area contributed by atoms with Gasteiger partial charge in [-0.05, 0) is 35.7 Å². The largest absolute Gasteiger partial charge is 0.378 e. The van der Waals surface area contributed by atoms with Gasteiger partial charge in [0.05, 0.1) is 18.1 Å². The number of anilines is 2. The normalized spacial score (nSPS) is 14.1. The predicted molar refractivity (Wildman–Crippen MR) is 123 cm³/mol. The zero-order chi connectivity index (χ0) is 22.1. The monoisotopic (exact) mass is 471 g/mol. The van der Waals surface area contributed by atoms with Crippen molar-refractivity contribution < 1.29 is 13.9 Å². The number of nitrogens with one attached hydrogen (secondary N) is 1. The fraction of sp³-hybridized carbons (Fsp3) is 0.238. The van der Waals surface area contributed by atoms with Crippen molar-refractivity contribution >= 4 is 49.7 Å². The zero-order valence-electron chi connectivity index (χ0n) is 16.8. The number of morpholine rings is 1. The number of hydrogen-bond donors (Lipinski definition) is 1. The van der Waals surface area contributed by atoms with E-state index in [2.05, 4.69) is 15.2 Å². The number of rotatable bonds is 5. The van der Waals surface area contributed by atoms with Gasteiger partial charge in [-0.1, -0.05) is 17.4 Å². The molecule has 0 radical (unpaired) electrons. The topological polar surface area (TPSA) is 89.3 Å². The lowest BCUT2D eigenvalue weighted by Gasteiger charge is -2.25. The molecular formula is C21H18FN5O3S2. The van der Waals surface area contributed by atoms with E-state index in [1.165, 1.54) is 51.5 Å². The van der Waals surface area contributed by atoms with Gasteiger partial charge in [-0.2, -0.15) is 4.98 Å². The van der Waals surface area contributed by atoms with Crippen molar-refractivity contribution in [2.24, 2.45) is 0 Å². The summed E-state index contributed by atoms with van der Waals surface area (Å²) in [5, 5.41) is 5.37. The number of fused-ring (bicyclic) bond motifs is 1. The minimum atomic E-state index is -0.521. The van der Waals surface area contributed by atoms with E-state index in [9.17, 15) is 14.0 Å². The number of nitrogens with zero attached hydrogens (tertiary/aromatic N) is 4. The molecule has 0 unspecified atom stereocenters. The number of aromatic nitrogens is 3. The van der Waals surface area contributed by atoms with Gasteiger partial charge in [0.1, 0.15) is 28.4 Å². The summed E-state index contributed by atoms with van der Waals surface area (Å²) in [6.45, 7) is 2.40. The number of carbonyl (C=O) groups excluding carboxylic acids is 1. The highest BCUT2D eigenvalue weighted by Crippen LogP contribution is 2.35. The van der Waals surface area contributed by atoms with Crippen molar-refractivity contribution in [3.05, 3.63) is 58.1 Å². The van der Waals surface area contributed by atoms with Gasteiger partial charge in [-0.15, -0.1) is 11.3 Å². The van der Waals surface area contributed by atoms with Crippen molar-refractivity contribution in [1.29, 1.82) is 0 Å². The number of thiazole rings is 1. The molecule has 1 aromatic carbocycles. The second-order valence-electron chi connectivity index (χ2n) is 7.11. The molecule has 11 heteroatoms. The highest BCUT2D eigenvalue weighted by molar-refractivity contribution is 7.22. The van der Waals surface area contributed by atoms with Gasteiger partial charge in [0.2, 0.25) is 5.91 Å². The lowest BCUT2D eigenvalue weighted by molar-refractivity contribution is -0.116. The van der Waals surface area contributed by atoms with Gasteiger partial charge in [0.25, 0.3) is 0 Å². The zero-order valence-corrected chi connectivity index (χ0v) is 18.4. The van der Waals surface area contributed by atoms with Crippen LogP contribution in [0.3, 0.4) is 0 Å². The molecule has 0 aliphatic carbocycles. The van der Waals surface area contributed by atoms with Crippen LogP contribution in [-0.4, -0.2) is 46.7 Å². The Balaban J connectivity index is 1.54. The average molecular weight is 472 g/mol. The SMILES string of the molecule is O=C(Cn1c(=O)nc(-c2cccs2)c2nc(N3CCOCC3)sc21)Nc1ccc(F)cc1. The third-order valence-corrected chi connectivity index (χ3v) is 6.99. The molecule has 8 nitrogen and oxygen atoms in total. The Morgan fingerprint density at radius 2 is 1.94 bits per heavy atom. The maximum Gasteiger partial charge on any atom is 0.349 e. The van der Waals surface area contributed by atoms with Gasteiger partial charge in [0.15, 0.2) is 5.13 Å². The Labute approximate surface area is 189 Å². The molecule has 1 aliphatic heterocycles. The molecule has 0 spiro atoms. The van der Waals surface area contributed by atoms with E-state index in [4.69, 9.17) is 9.72 Å². The Kier molecular flexibility index (Phi) is 5.68. The molecule has 1 fully saturated rings. The van der Waals surface area contributed by atoms with Crippen LogP contribution in [0.5, 0.6) is 0 Å². The van der Waals surface area contributed by atoms with Gasteiger partial charge in [0, 0.05) is 18.8 Å². The molecule has 1 amide bonds. The second kappa shape index (κ2) is 8.77. The second-order valence-corrected chi connectivity index (χ2v) is 9.01. The lowest BCUT2D eigenvalue weighted by Crippen LogP contribution is -2.36. The molecule has 1 aliphatic rings. The van der Waals surface area contributed by atoms with Gasteiger partial charge in [-0.3, -0.25) is 9.36 Å². The molecule has 3 aromatic heterocycles. The minimum absolute atomic E-state index is 0.227. The fourth-order valence-electron chi connectivity index (χ4n) is 3.43. The first-order chi connectivity index (χ1) is 15.6. The molecule has 1 saturated heterocycles. The van der Waals surface area contributed by atoms with E-state index in [0.29, 0.717) is 48.0 Å². The third kappa shape index (κ3) is 4.14. The first-order valence-corrected chi connectivity index (χ1v) is 11.6. The summed E-state index contributed by atoms with van der Waals surface area (Å²) in [6, 6.07) is 9.24. The van der Waals surface area contributed by atoms with Crippen LogP contribution in [-0.2, 0) is 16.1 Å². The molecule has 1 N–H and O–H groups in total. The Morgan fingerprint density at radius 1 is 1.16 bits per heavy atom. The number of amides is 1. The van der Waals surface area contributed by atoms with E-state index >= 15 is 0 Å². The van der Waals surface area contributed by atoms with Crippen molar-refractivity contribution in [2.45, 2.75) is 6.54 Å². The van der Waals surface area contributed by atoms with Crippen LogP contribution in [0, 0.1) is 5.82 Å². The number of halogens is 1. The summed E-state index contributed by atoms with van der Waals surface area (Å²) >= 11 is 2.84. The minimum Gasteiger partial charge on any atom is -0.378 e. The van der Waals surface area contributed by atoms with Crippen LogP contribution < -0.4 is 15.9 Å². The van der Waals surface area contributed by atoms with Crippen LogP contribution in [0.15, 0.2) is 46.6 Å². The standard InChI is InChI=1S/C21H18FN5O3S2/c22-13-3-5-14(6-4-13)23-16(28)12-27-19-18(17(24-20(27)29)15-2-1-11-31-15)25-21(32-19)26-7-9-30-10-8-26/h1-6,11H,7-10,12H2,(H,23,28). The van der Waals surface area contributed by atoms with Gasteiger partial charge < -0.3 is 15.0 Å². The highest BCUT2D eigenvalue weighted by Gasteiger charge is 2.22. The molecule has 4 heterocycles. The van der Waals surface area contributed by atoms with E-state index in [-0.39, 0.29) is 6.54 Å². The van der Waals surface area contributed by atoms with Crippen LogP contribution in [0.2, 0.25) is 0 Å².